The highest BCUT2D eigenvalue weighted by atomic mass is 32.2. The number of nitrogens with one attached hydrogen (secondary N) is 1. The summed E-state index contributed by atoms with van der Waals surface area (Å²) >= 11 is 0. The van der Waals surface area contributed by atoms with Crippen LogP contribution in [0.3, 0.4) is 0 Å². The molecule has 9 heteroatoms. The van der Waals surface area contributed by atoms with Gasteiger partial charge in [0.2, 0.25) is 5.91 Å². The van der Waals surface area contributed by atoms with Gasteiger partial charge in [-0.3, -0.25) is 4.79 Å². The molecule has 0 saturated heterocycles. The SMILES string of the molecule is CC(C)c1cc(C#N)cc(C(C)C)c1CC(=O)NS(=O)(=O)c1cc(CO)c(C(C)(C)O)cc1F. The molecule has 0 spiro atoms. The van der Waals surface area contributed by atoms with Crippen molar-refractivity contribution in [1.29, 1.82) is 5.26 Å². The first-order valence-corrected chi connectivity index (χ1v) is 12.4. The van der Waals surface area contributed by atoms with Gasteiger partial charge in [-0.25, -0.2) is 17.5 Å². The van der Waals surface area contributed by atoms with Gasteiger partial charge in [-0.15, -0.1) is 0 Å². The van der Waals surface area contributed by atoms with E-state index < -0.39 is 38.9 Å². The third-order valence-electron chi connectivity index (χ3n) is 5.55. The van der Waals surface area contributed by atoms with Crippen molar-refractivity contribution in [1.82, 2.24) is 4.72 Å². The van der Waals surface area contributed by atoms with Crippen LogP contribution in [0.25, 0.3) is 0 Å². The number of rotatable bonds is 8. The number of halogens is 1. The zero-order chi connectivity index (χ0) is 26.0. The van der Waals surface area contributed by atoms with Crippen LogP contribution in [0.4, 0.5) is 4.39 Å². The van der Waals surface area contributed by atoms with Gasteiger partial charge in [0.05, 0.1) is 30.3 Å². The number of sulfonamides is 1. The molecule has 7 nitrogen and oxygen atoms in total. The van der Waals surface area contributed by atoms with Gasteiger partial charge in [-0.1, -0.05) is 27.7 Å². The van der Waals surface area contributed by atoms with Gasteiger partial charge < -0.3 is 10.2 Å². The molecule has 0 unspecified atom stereocenters. The fraction of sp³-hybridized carbons (Fsp3) is 0.440. The molecule has 0 aromatic heterocycles. The minimum absolute atomic E-state index is 0.0239. The van der Waals surface area contributed by atoms with E-state index in [9.17, 15) is 33.1 Å². The van der Waals surface area contributed by atoms with Crippen LogP contribution in [-0.2, 0) is 33.4 Å². The van der Waals surface area contributed by atoms with Crippen molar-refractivity contribution in [3.05, 3.63) is 63.5 Å². The van der Waals surface area contributed by atoms with Crippen LogP contribution in [0.1, 0.15) is 86.8 Å². The molecule has 2 aromatic rings. The first-order chi connectivity index (χ1) is 15.6. The first kappa shape index (κ1) is 27.4. The summed E-state index contributed by atoms with van der Waals surface area (Å²) in [5, 5.41) is 29.2. The summed E-state index contributed by atoms with van der Waals surface area (Å²) in [6.45, 7) is 9.78. The van der Waals surface area contributed by atoms with E-state index >= 15 is 0 Å². The Morgan fingerprint density at radius 2 is 1.65 bits per heavy atom. The molecule has 0 aliphatic carbocycles. The molecule has 0 aliphatic heterocycles. The number of benzene rings is 2. The molecule has 0 saturated carbocycles. The minimum atomic E-state index is -4.60. The van der Waals surface area contributed by atoms with Crippen LogP contribution >= 0.6 is 0 Å². The maximum Gasteiger partial charge on any atom is 0.266 e. The van der Waals surface area contributed by atoms with Crippen LogP contribution in [0.2, 0.25) is 0 Å². The number of hydrogen-bond acceptors (Lipinski definition) is 6. The fourth-order valence-corrected chi connectivity index (χ4v) is 5.01. The second kappa shape index (κ2) is 10.2. The zero-order valence-corrected chi connectivity index (χ0v) is 21.0. The molecule has 2 rings (SSSR count). The number of nitrogens with zero attached hydrogens (tertiary/aromatic N) is 1. The molecule has 0 bridgehead atoms. The number of amides is 1. The average Bonchev–Trinajstić information content (AvgIpc) is 2.71. The molecule has 0 atom stereocenters. The Balaban J connectivity index is 2.47. The van der Waals surface area contributed by atoms with Gasteiger partial charge in [0.25, 0.3) is 10.0 Å². The van der Waals surface area contributed by atoms with Gasteiger partial charge in [-0.2, -0.15) is 5.26 Å². The minimum Gasteiger partial charge on any atom is -0.392 e. The standard InChI is InChI=1S/C25H31FN2O5S/c1-14(2)18-7-16(12-27)8-19(15(3)4)20(18)10-24(30)28-34(32,33)23-9-17(13-29)21(11-22(23)26)25(5,6)31/h7-9,11,14-15,29,31H,10,13H2,1-6H3,(H,28,30). The van der Waals surface area contributed by atoms with Gasteiger partial charge >= 0.3 is 0 Å². The topological polar surface area (TPSA) is 127 Å². The first-order valence-electron chi connectivity index (χ1n) is 10.9. The highest BCUT2D eigenvalue weighted by Crippen LogP contribution is 2.31. The van der Waals surface area contributed by atoms with Crippen LogP contribution in [0, 0.1) is 17.1 Å². The van der Waals surface area contributed by atoms with Gasteiger partial charge in [0.15, 0.2) is 0 Å². The van der Waals surface area contributed by atoms with E-state index in [1.54, 1.807) is 12.1 Å². The lowest BCUT2D eigenvalue weighted by Crippen LogP contribution is -2.33. The van der Waals surface area contributed by atoms with Crippen LogP contribution in [-0.4, -0.2) is 24.5 Å². The molecule has 0 aliphatic rings. The largest absolute Gasteiger partial charge is 0.392 e. The summed E-state index contributed by atoms with van der Waals surface area (Å²) in [7, 11) is -4.60. The molecule has 0 radical (unpaired) electrons. The van der Waals surface area contributed by atoms with Crippen molar-refractivity contribution in [3.63, 3.8) is 0 Å². The molecule has 3 N–H and O–H groups in total. The average molecular weight is 491 g/mol. The highest BCUT2D eigenvalue weighted by molar-refractivity contribution is 7.90. The molecule has 1 amide bonds. The van der Waals surface area contributed by atoms with Crippen molar-refractivity contribution in [2.24, 2.45) is 0 Å². The lowest BCUT2D eigenvalue weighted by atomic mass is 9.85. The second-order valence-corrected chi connectivity index (χ2v) is 11.1. The Labute approximate surface area is 200 Å². The maximum absolute atomic E-state index is 14.7. The summed E-state index contributed by atoms with van der Waals surface area (Å²) in [6.07, 6.45) is -0.276. The predicted molar refractivity (Wildman–Crippen MR) is 126 cm³/mol. The zero-order valence-electron chi connectivity index (χ0n) is 20.2. The molecular weight excluding hydrogens is 459 g/mol. The molecule has 2 aromatic carbocycles. The van der Waals surface area contributed by atoms with E-state index in [0.29, 0.717) is 11.1 Å². The summed E-state index contributed by atoms with van der Waals surface area (Å²) in [6, 6.07) is 7.26. The highest BCUT2D eigenvalue weighted by Gasteiger charge is 2.28. The summed E-state index contributed by atoms with van der Waals surface area (Å²) in [5.74, 6) is -2.06. The number of aliphatic hydroxyl groups is 2. The van der Waals surface area contributed by atoms with E-state index in [-0.39, 0.29) is 29.4 Å². The Morgan fingerprint density at radius 3 is 2.06 bits per heavy atom. The van der Waals surface area contributed by atoms with E-state index in [1.807, 2.05) is 32.4 Å². The Bertz CT molecular complexity index is 1210. The molecule has 34 heavy (non-hydrogen) atoms. The Hall–Kier alpha value is -2.80. The third-order valence-corrected chi connectivity index (χ3v) is 6.94. The summed E-state index contributed by atoms with van der Waals surface area (Å²) in [4.78, 5) is 12.0. The normalized spacial score (nSPS) is 12.2. The smallest absolute Gasteiger partial charge is 0.266 e. The predicted octanol–water partition coefficient (Wildman–Crippen LogP) is 3.71. The van der Waals surface area contributed by atoms with Gasteiger partial charge in [0.1, 0.15) is 10.7 Å². The Morgan fingerprint density at radius 1 is 1.12 bits per heavy atom. The van der Waals surface area contributed by atoms with Crippen LogP contribution in [0.15, 0.2) is 29.2 Å². The van der Waals surface area contributed by atoms with Crippen molar-refractivity contribution < 1.29 is 27.8 Å². The maximum atomic E-state index is 14.7. The van der Waals surface area contributed by atoms with Crippen molar-refractivity contribution >= 4 is 15.9 Å². The number of aliphatic hydroxyl groups excluding tert-OH is 1. The molecule has 0 heterocycles. The quantitative estimate of drug-likeness (QED) is 0.518. The Kier molecular flexibility index (Phi) is 8.25. The van der Waals surface area contributed by atoms with Crippen LogP contribution < -0.4 is 4.72 Å². The molecule has 184 valence electrons. The number of carbonyl (C=O) groups excluding carboxylic acids is 1. The lowest BCUT2D eigenvalue weighted by Gasteiger charge is -2.22. The summed E-state index contributed by atoms with van der Waals surface area (Å²) < 4.78 is 42.4. The summed E-state index contributed by atoms with van der Waals surface area (Å²) in [5.41, 5.74) is 1.16. The van der Waals surface area contributed by atoms with Crippen molar-refractivity contribution in [3.8, 4) is 6.07 Å². The van der Waals surface area contributed by atoms with E-state index in [0.717, 1.165) is 23.3 Å². The monoisotopic (exact) mass is 490 g/mol. The fourth-order valence-electron chi connectivity index (χ4n) is 3.92. The third kappa shape index (κ3) is 6.00. The van der Waals surface area contributed by atoms with Crippen molar-refractivity contribution in [2.75, 3.05) is 0 Å². The van der Waals surface area contributed by atoms with Crippen LogP contribution in [0.5, 0.6) is 0 Å². The van der Waals surface area contributed by atoms with E-state index in [4.69, 9.17) is 0 Å². The van der Waals surface area contributed by atoms with Gasteiger partial charge in [-0.05, 0) is 77.8 Å². The van der Waals surface area contributed by atoms with E-state index in [2.05, 4.69) is 6.07 Å². The molecule has 0 fully saturated rings. The number of nitriles is 1. The second-order valence-electron chi connectivity index (χ2n) is 9.42. The van der Waals surface area contributed by atoms with Crippen molar-refractivity contribution in [2.45, 2.75) is 76.9 Å². The lowest BCUT2D eigenvalue weighted by molar-refractivity contribution is -0.118. The van der Waals surface area contributed by atoms with E-state index in [1.165, 1.54) is 13.8 Å². The number of carbonyl (C=O) groups is 1. The number of hydrogen-bond donors (Lipinski definition) is 3. The molecular formula is C25H31FN2O5S. The van der Waals surface area contributed by atoms with Gasteiger partial charge in [0, 0.05) is 0 Å².